The Labute approximate surface area is 316 Å². The van der Waals surface area contributed by atoms with Crippen LogP contribution in [0, 0.1) is 0 Å². The summed E-state index contributed by atoms with van der Waals surface area (Å²) in [4.78, 5) is 2.48. The second-order valence-electron chi connectivity index (χ2n) is 16.2. The van der Waals surface area contributed by atoms with Gasteiger partial charge in [-0.05, 0) is 104 Å². The first-order valence-corrected chi connectivity index (χ1v) is 19.1. The Bertz CT molecular complexity index is 2980. The highest BCUT2D eigenvalue weighted by Crippen LogP contribution is 2.54. The quantitative estimate of drug-likeness (QED) is 0.178. The fourth-order valence-electron chi connectivity index (χ4n) is 9.93. The fraction of sp³-hybridized carbons (Fsp3) is 0.115. The third-order valence-electron chi connectivity index (χ3n) is 12.5. The maximum atomic E-state index is 2.51. The zero-order valence-electron chi connectivity index (χ0n) is 31.1. The monoisotopic (exact) mass is 692 g/mol. The summed E-state index contributed by atoms with van der Waals surface area (Å²) in [5.74, 6) is 0. The first kappa shape index (κ1) is 31.2. The van der Waals surface area contributed by atoms with E-state index in [1.165, 1.54) is 77.1 Å². The zero-order valence-corrected chi connectivity index (χ0v) is 31.1. The molecule has 11 rings (SSSR count). The number of aromatic nitrogens is 1. The molecule has 1 aromatic heterocycles. The topological polar surface area (TPSA) is 8.17 Å². The molecule has 0 aliphatic heterocycles. The van der Waals surface area contributed by atoms with Crippen molar-refractivity contribution in [3.05, 3.63) is 192 Å². The van der Waals surface area contributed by atoms with Gasteiger partial charge in [0.1, 0.15) is 0 Å². The molecule has 0 fully saturated rings. The van der Waals surface area contributed by atoms with E-state index in [2.05, 4.69) is 207 Å². The number of hydrogen-bond donors (Lipinski definition) is 0. The van der Waals surface area contributed by atoms with Crippen LogP contribution in [0.15, 0.2) is 170 Å². The van der Waals surface area contributed by atoms with E-state index in [0.29, 0.717) is 0 Å². The van der Waals surface area contributed by atoms with E-state index in [-0.39, 0.29) is 10.8 Å². The lowest BCUT2D eigenvalue weighted by Gasteiger charge is -2.29. The lowest BCUT2D eigenvalue weighted by molar-refractivity contribution is 0.660. The number of fused-ring (bicyclic) bond motifs is 11. The van der Waals surface area contributed by atoms with Crippen LogP contribution in [-0.2, 0) is 10.8 Å². The molecule has 258 valence electrons. The first-order valence-electron chi connectivity index (χ1n) is 19.1. The highest BCUT2D eigenvalue weighted by atomic mass is 15.1. The van der Waals surface area contributed by atoms with Gasteiger partial charge in [0, 0.05) is 44.1 Å². The van der Waals surface area contributed by atoms with Crippen molar-refractivity contribution in [2.24, 2.45) is 0 Å². The average molecular weight is 693 g/mol. The van der Waals surface area contributed by atoms with Crippen molar-refractivity contribution in [2.45, 2.75) is 38.5 Å². The molecule has 0 N–H and O–H groups in total. The Morgan fingerprint density at radius 1 is 0.389 bits per heavy atom. The molecule has 0 saturated carbocycles. The standard InChI is InChI=1S/C52H40N2/c1-51(2)43-25-15-13-21-36(43)38-28-27-35(29-45(38)51)53(33-17-7-5-8-18-33)48-32-49-50(40-24-12-11-23-39(40)48)42-30-41-37-22-14-16-26-44(37)52(3,4)46(41)31-47(42)54(49)34-19-9-6-10-20-34/h5-32H,1-4H3. The highest BCUT2D eigenvalue weighted by molar-refractivity contribution is 6.25. The smallest absolute Gasteiger partial charge is 0.0568 e. The minimum absolute atomic E-state index is 0.101. The third kappa shape index (κ3) is 4.17. The van der Waals surface area contributed by atoms with Gasteiger partial charge in [0.15, 0.2) is 0 Å². The second kappa shape index (κ2) is 11.1. The molecule has 9 aromatic rings. The zero-order chi connectivity index (χ0) is 36.3. The minimum Gasteiger partial charge on any atom is -0.310 e. The van der Waals surface area contributed by atoms with Gasteiger partial charge in [0.25, 0.3) is 0 Å². The normalized spacial score (nSPS) is 14.6. The Morgan fingerprint density at radius 2 is 0.944 bits per heavy atom. The molecule has 0 unspecified atom stereocenters. The third-order valence-corrected chi connectivity index (χ3v) is 12.5. The molecule has 2 nitrogen and oxygen atoms in total. The number of hydrogen-bond acceptors (Lipinski definition) is 1. The van der Waals surface area contributed by atoms with E-state index in [4.69, 9.17) is 0 Å². The Balaban J connectivity index is 1.25. The van der Waals surface area contributed by atoms with E-state index in [9.17, 15) is 0 Å². The van der Waals surface area contributed by atoms with Crippen molar-refractivity contribution in [3.8, 4) is 27.9 Å². The summed E-state index contributed by atoms with van der Waals surface area (Å²) >= 11 is 0. The molecule has 0 spiro atoms. The highest BCUT2D eigenvalue weighted by Gasteiger charge is 2.38. The molecule has 0 saturated heterocycles. The summed E-state index contributed by atoms with van der Waals surface area (Å²) in [6, 6.07) is 63.2. The van der Waals surface area contributed by atoms with Crippen LogP contribution in [0.4, 0.5) is 17.1 Å². The van der Waals surface area contributed by atoms with Gasteiger partial charge in [-0.3, -0.25) is 0 Å². The number of nitrogens with zero attached hydrogens (tertiary/aromatic N) is 2. The minimum atomic E-state index is -0.108. The van der Waals surface area contributed by atoms with E-state index in [1.54, 1.807) is 0 Å². The molecule has 0 radical (unpaired) electrons. The van der Waals surface area contributed by atoms with E-state index in [1.807, 2.05) is 0 Å². The molecule has 1 heterocycles. The molecule has 0 atom stereocenters. The van der Waals surface area contributed by atoms with Gasteiger partial charge >= 0.3 is 0 Å². The summed E-state index contributed by atoms with van der Waals surface area (Å²) in [6.45, 7) is 9.48. The van der Waals surface area contributed by atoms with Gasteiger partial charge < -0.3 is 9.47 Å². The van der Waals surface area contributed by atoms with Crippen LogP contribution in [0.2, 0.25) is 0 Å². The number of para-hydroxylation sites is 2. The molecule has 2 aliphatic carbocycles. The van der Waals surface area contributed by atoms with Crippen molar-refractivity contribution in [1.82, 2.24) is 4.57 Å². The van der Waals surface area contributed by atoms with Crippen molar-refractivity contribution in [3.63, 3.8) is 0 Å². The molecule has 0 bridgehead atoms. The SMILES string of the molecule is CC1(C)c2ccccc2-c2ccc(N(c3ccccc3)c3cc4c(c5ccccc35)c3cc5c(cc3n4-c3ccccc3)C(C)(C)c3ccccc3-5)cc21. The van der Waals surface area contributed by atoms with Gasteiger partial charge in [-0.15, -0.1) is 0 Å². The van der Waals surface area contributed by atoms with Crippen LogP contribution < -0.4 is 4.90 Å². The summed E-state index contributed by atoms with van der Waals surface area (Å²) in [7, 11) is 0. The fourth-order valence-corrected chi connectivity index (χ4v) is 9.93. The van der Waals surface area contributed by atoms with Gasteiger partial charge in [0.05, 0.1) is 16.7 Å². The van der Waals surface area contributed by atoms with Gasteiger partial charge in [-0.25, -0.2) is 0 Å². The second-order valence-corrected chi connectivity index (χ2v) is 16.2. The summed E-state index contributed by atoms with van der Waals surface area (Å²) in [5, 5.41) is 5.05. The first-order chi connectivity index (χ1) is 26.3. The van der Waals surface area contributed by atoms with Crippen LogP contribution in [0.1, 0.15) is 49.9 Å². The summed E-state index contributed by atoms with van der Waals surface area (Å²) in [6.07, 6.45) is 0. The molecule has 0 amide bonds. The van der Waals surface area contributed by atoms with Crippen LogP contribution in [0.5, 0.6) is 0 Å². The number of anilines is 3. The van der Waals surface area contributed by atoms with Crippen LogP contribution in [-0.4, -0.2) is 4.57 Å². The average Bonchev–Trinajstić information content (AvgIpc) is 3.74. The summed E-state index contributed by atoms with van der Waals surface area (Å²) < 4.78 is 2.51. The molecular formula is C52H40N2. The van der Waals surface area contributed by atoms with Crippen molar-refractivity contribution >= 4 is 49.6 Å². The lowest BCUT2D eigenvalue weighted by Crippen LogP contribution is -2.16. The predicted molar refractivity (Wildman–Crippen MR) is 228 cm³/mol. The predicted octanol–water partition coefficient (Wildman–Crippen LogP) is 14.0. The van der Waals surface area contributed by atoms with E-state index < -0.39 is 0 Å². The van der Waals surface area contributed by atoms with E-state index in [0.717, 1.165) is 22.7 Å². The van der Waals surface area contributed by atoms with E-state index >= 15 is 0 Å². The van der Waals surface area contributed by atoms with Gasteiger partial charge in [-0.2, -0.15) is 0 Å². The number of rotatable bonds is 4. The van der Waals surface area contributed by atoms with Crippen molar-refractivity contribution in [2.75, 3.05) is 4.90 Å². The maximum absolute atomic E-state index is 2.51. The Hall–Kier alpha value is -6.38. The van der Waals surface area contributed by atoms with Crippen LogP contribution in [0.3, 0.4) is 0 Å². The molecule has 2 aliphatic rings. The molecule has 8 aromatic carbocycles. The van der Waals surface area contributed by atoms with Crippen LogP contribution in [0.25, 0.3) is 60.5 Å². The van der Waals surface area contributed by atoms with Gasteiger partial charge in [-0.1, -0.05) is 143 Å². The lowest BCUT2D eigenvalue weighted by atomic mass is 9.82. The van der Waals surface area contributed by atoms with Crippen LogP contribution >= 0.6 is 0 Å². The molecule has 54 heavy (non-hydrogen) atoms. The number of benzene rings is 8. The Kier molecular flexibility index (Phi) is 6.39. The largest absolute Gasteiger partial charge is 0.310 e. The maximum Gasteiger partial charge on any atom is 0.0568 e. The Morgan fingerprint density at radius 3 is 1.65 bits per heavy atom. The van der Waals surface area contributed by atoms with Crippen molar-refractivity contribution < 1.29 is 0 Å². The van der Waals surface area contributed by atoms with Crippen molar-refractivity contribution in [1.29, 1.82) is 0 Å². The molecule has 2 heteroatoms. The van der Waals surface area contributed by atoms with Gasteiger partial charge in [0.2, 0.25) is 0 Å². The summed E-state index contributed by atoms with van der Waals surface area (Å²) in [5.41, 5.74) is 17.7. The molecular weight excluding hydrogens is 653 g/mol.